The number of nitrogens with zero attached hydrogens (tertiary/aromatic N) is 2. The Hall–Kier alpha value is -1.42. The highest BCUT2D eigenvalue weighted by Crippen LogP contribution is 2.35. The number of hydrogen-bond donors (Lipinski definition) is 4. The SMILES string of the molecule is Nc1[nH]c(=O)nc2c1c(Br)cn2[C@H]1C[C@H](O)[C@@H](CO)O1. The first-order valence-corrected chi connectivity index (χ1v) is 6.80. The average molecular weight is 345 g/mol. The summed E-state index contributed by atoms with van der Waals surface area (Å²) in [5, 5.41) is 19.5. The van der Waals surface area contributed by atoms with E-state index in [0.29, 0.717) is 21.9 Å². The molecule has 2 aromatic heterocycles. The molecule has 0 radical (unpaired) electrons. The predicted octanol–water partition coefficient (Wildman–Crippen LogP) is -0.290. The van der Waals surface area contributed by atoms with Gasteiger partial charge in [-0.1, -0.05) is 0 Å². The van der Waals surface area contributed by atoms with Crippen LogP contribution in [0, 0.1) is 0 Å². The molecule has 2 aromatic rings. The molecule has 0 saturated carbocycles. The minimum atomic E-state index is -0.763. The van der Waals surface area contributed by atoms with E-state index in [1.54, 1.807) is 10.8 Å². The molecule has 5 N–H and O–H groups in total. The van der Waals surface area contributed by atoms with E-state index in [1.807, 2.05) is 0 Å². The Bertz CT molecular complexity index is 712. The third-order valence-corrected chi connectivity index (χ3v) is 3.97. The van der Waals surface area contributed by atoms with E-state index in [-0.39, 0.29) is 12.4 Å². The van der Waals surface area contributed by atoms with Gasteiger partial charge in [-0.15, -0.1) is 0 Å². The van der Waals surface area contributed by atoms with Gasteiger partial charge in [-0.2, -0.15) is 4.98 Å². The number of ether oxygens (including phenoxy) is 1. The summed E-state index contributed by atoms with van der Waals surface area (Å²) in [4.78, 5) is 17.8. The van der Waals surface area contributed by atoms with E-state index in [2.05, 4.69) is 25.9 Å². The molecule has 1 aliphatic heterocycles. The van der Waals surface area contributed by atoms with Crippen LogP contribution >= 0.6 is 15.9 Å². The lowest BCUT2D eigenvalue weighted by atomic mass is 10.2. The number of aliphatic hydroxyl groups excluding tert-OH is 2. The summed E-state index contributed by atoms with van der Waals surface area (Å²) in [5.74, 6) is 0.211. The lowest BCUT2D eigenvalue weighted by Gasteiger charge is -2.14. The van der Waals surface area contributed by atoms with Gasteiger partial charge >= 0.3 is 5.69 Å². The van der Waals surface area contributed by atoms with Crippen LogP contribution in [0.15, 0.2) is 15.5 Å². The van der Waals surface area contributed by atoms with Crippen molar-refractivity contribution in [3.63, 3.8) is 0 Å². The van der Waals surface area contributed by atoms with E-state index in [9.17, 15) is 9.90 Å². The highest BCUT2D eigenvalue weighted by molar-refractivity contribution is 9.10. The number of anilines is 1. The summed E-state index contributed by atoms with van der Waals surface area (Å²) in [7, 11) is 0. The van der Waals surface area contributed by atoms with Crippen molar-refractivity contribution in [1.82, 2.24) is 14.5 Å². The van der Waals surface area contributed by atoms with Gasteiger partial charge < -0.3 is 25.3 Å². The minimum Gasteiger partial charge on any atom is -0.394 e. The van der Waals surface area contributed by atoms with E-state index >= 15 is 0 Å². The number of nitrogen functional groups attached to an aromatic ring is 1. The fourth-order valence-corrected chi connectivity index (χ4v) is 3.03. The maximum Gasteiger partial charge on any atom is 0.348 e. The maximum atomic E-state index is 11.5. The lowest BCUT2D eigenvalue weighted by Crippen LogP contribution is -2.24. The van der Waals surface area contributed by atoms with Crippen molar-refractivity contribution in [1.29, 1.82) is 0 Å². The summed E-state index contributed by atoms with van der Waals surface area (Å²) in [5.41, 5.74) is 5.59. The first kappa shape index (κ1) is 13.6. The van der Waals surface area contributed by atoms with Crippen LogP contribution in [-0.2, 0) is 4.74 Å². The first-order valence-electron chi connectivity index (χ1n) is 6.01. The van der Waals surface area contributed by atoms with Gasteiger partial charge in [0, 0.05) is 17.1 Å². The van der Waals surface area contributed by atoms with E-state index in [4.69, 9.17) is 15.6 Å². The number of aromatic nitrogens is 3. The molecule has 0 aliphatic carbocycles. The van der Waals surface area contributed by atoms with Crippen molar-refractivity contribution >= 4 is 32.8 Å². The van der Waals surface area contributed by atoms with Crippen molar-refractivity contribution < 1.29 is 14.9 Å². The Balaban J connectivity index is 2.11. The molecule has 3 heterocycles. The zero-order chi connectivity index (χ0) is 14.4. The van der Waals surface area contributed by atoms with E-state index in [0.717, 1.165) is 0 Å². The monoisotopic (exact) mass is 344 g/mol. The topological polar surface area (TPSA) is 126 Å². The third-order valence-electron chi connectivity index (χ3n) is 3.37. The Morgan fingerprint density at radius 2 is 2.40 bits per heavy atom. The average Bonchev–Trinajstić information content (AvgIpc) is 2.90. The van der Waals surface area contributed by atoms with Crippen LogP contribution in [0.1, 0.15) is 12.6 Å². The zero-order valence-electron chi connectivity index (χ0n) is 10.3. The molecule has 1 saturated heterocycles. The van der Waals surface area contributed by atoms with Gasteiger partial charge in [0.05, 0.1) is 18.1 Å². The fraction of sp³-hybridized carbons (Fsp3) is 0.455. The molecule has 9 heteroatoms. The molecule has 20 heavy (non-hydrogen) atoms. The summed E-state index contributed by atoms with van der Waals surface area (Å²) >= 11 is 3.36. The number of aromatic amines is 1. The molecule has 108 valence electrons. The molecular formula is C11H13BrN4O4. The molecule has 8 nitrogen and oxygen atoms in total. The van der Waals surface area contributed by atoms with Crippen LogP contribution in [0.2, 0.25) is 0 Å². The molecule has 0 bridgehead atoms. The second kappa shape index (κ2) is 4.85. The van der Waals surface area contributed by atoms with Gasteiger partial charge in [-0.05, 0) is 15.9 Å². The van der Waals surface area contributed by atoms with Crippen molar-refractivity contribution in [3.8, 4) is 0 Å². The summed E-state index contributed by atoms with van der Waals surface area (Å²) in [6.07, 6.45) is 0.0784. The molecule has 1 aliphatic rings. The normalized spacial score (nSPS) is 26.4. The molecule has 1 fully saturated rings. The number of nitrogens with two attached hydrogens (primary N) is 1. The quantitative estimate of drug-likeness (QED) is 0.593. The van der Waals surface area contributed by atoms with Crippen LogP contribution in [-0.4, -0.2) is 43.6 Å². The third kappa shape index (κ3) is 2.03. The van der Waals surface area contributed by atoms with Crippen LogP contribution < -0.4 is 11.4 Å². The molecule has 0 spiro atoms. The maximum absolute atomic E-state index is 11.5. The highest BCUT2D eigenvalue weighted by Gasteiger charge is 2.35. The number of rotatable bonds is 2. The second-order valence-corrected chi connectivity index (χ2v) is 5.51. The number of H-pyrrole nitrogens is 1. The largest absolute Gasteiger partial charge is 0.394 e. The van der Waals surface area contributed by atoms with Crippen LogP contribution in [0.5, 0.6) is 0 Å². The predicted molar refractivity (Wildman–Crippen MR) is 74.1 cm³/mol. The standard InChI is InChI=1S/C11H13BrN4O4/c12-4-2-16(7-1-5(18)6(3-17)20-7)10-8(4)9(13)14-11(19)15-10/h2,5-7,17-18H,1,3H2,(H3,13,14,15,19)/t5-,6+,7+/m0/s1. The number of aliphatic hydroxyl groups is 2. The van der Waals surface area contributed by atoms with Crippen molar-refractivity contribution in [2.45, 2.75) is 24.9 Å². The molecule has 0 amide bonds. The van der Waals surface area contributed by atoms with Gasteiger partial charge in [0.15, 0.2) is 5.65 Å². The van der Waals surface area contributed by atoms with Crippen LogP contribution in [0.4, 0.5) is 5.82 Å². The highest BCUT2D eigenvalue weighted by atomic mass is 79.9. The summed E-state index contributed by atoms with van der Waals surface area (Å²) in [6.45, 7) is -0.270. The smallest absolute Gasteiger partial charge is 0.348 e. The molecule has 0 aromatic carbocycles. The molecule has 0 unspecified atom stereocenters. The van der Waals surface area contributed by atoms with Gasteiger partial charge in [0.2, 0.25) is 0 Å². The Morgan fingerprint density at radius 3 is 3.05 bits per heavy atom. The summed E-state index contributed by atoms with van der Waals surface area (Å²) in [6, 6.07) is 0. The van der Waals surface area contributed by atoms with Gasteiger partial charge in [0.25, 0.3) is 0 Å². The van der Waals surface area contributed by atoms with Crippen molar-refractivity contribution in [2.24, 2.45) is 0 Å². The zero-order valence-corrected chi connectivity index (χ0v) is 11.9. The fourth-order valence-electron chi connectivity index (χ4n) is 2.42. The van der Waals surface area contributed by atoms with Crippen LogP contribution in [0.3, 0.4) is 0 Å². The van der Waals surface area contributed by atoms with Crippen molar-refractivity contribution in [3.05, 3.63) is 21.2 Å². The minimum absolute atomic E-state index is 0.211. The number of hydrogen-bond acceptors (Lipinski definition) is 6. The Morgan fingerprint density at radius 1 is 1.65 bits per heavy atom. The van der Waals surface area contributed by atoms with E-state index in [1.165, 1.54) is 0 Å². The second-order valence-electron chi connectivity index (χ2n) is 4.65. The number of halogens is 1. The molecular weight excluding hydrogens is 332 g/mol. The number of fused-ring (bicyclic) bond motifs is 1. The lowest BCUT2D eigenvalue weighted by molar-refractivity contribution is -0.0430. The van der Waals surface area contributed by atoms with Gasteiger partial charge in [-0.3, -0.25) is 4.98 Å². The van der Waals surface area contributed by atoms with Gasteiger partial charge in [-0.25, -0.2) is 4.79 Å². The first-order chi connectivity index (χ1) is 9.51. The molecule has 3 rings (SSSR count). The summed E-state index contributed by atoms with van der Waals surface area (Å²) < 4.78 is 7.85. The van der Waals surface area contributed by atoms with Crippen LogP contribution in [0.25, 0.3) is 11.0 Å². The molecule has 3 atom stereocenters. The van der Waals surface area contributed by atoms with Crippen molar-refractivity contribution in [2.75, 3.05) is 12.3 Å². The Kier molecular flexibility index (Phi) is 3.28. The van der Waals surface area contributed by atoms with Gasteiger partial charge in [0.1, 0.15) is 18.1 Å². The number of nitrogens with one attached hydrogen (secondary N) is 1. The van der Waals surface area contributed by atoms with E-state index < -0.39 is 24.1 Å². The Labute approximate surface area is 121 Å².